The molecule has 1 aliphatic rings. The number of aryl methyl sites for hydroxylation is 1. The maximum Gasteiger partial charge on any atom is 0.263 e. The van der Waals surface area contributed by atoms with Crippen LogP contribution >= 0.6 is 11.6 Å². The van der Waals surface area contributed by atoms with Crippen molar-refractivity contribution in [1.29, 1.82) is 0 Å². The SMILES string of the molecule is COc1cc(OC)c(NC(=O)[C@H]2CCCN(c3nccnc3Oc3ccc(C)cc3)C2)cc1Cl. The van der Waals surface area contributed by atoms with E-state index >= 15 is 0 Å². The number of benzene rings is 2. The summed E-state index contributed by atoms with van der Waals surface area (Å²) in [7, 11) is 3.06. The van der Waals surface area contributed by atoms with Crippen LogP contribution in [0.3, 0.4) is 0 Å². The summed E-state index contributed by atoms with van der Waals surface area (Å²) in [5.74, 6) is 2.29. The van der Waals surface area contributed by atoms with E-state index in [1.54, 1.807) is 24.5 Å². The van der Waals surface area contributed by atoms with Crippen LogP contribution in [0.15, 0.2) is 48.8 Å². The van der Waals surface area contributed by atoms with E-state index in [1.165, 1.54) is 14.2 Å². The van der Waals surface area contributed by atoms with Crippen molar-refractivity contribution in [2.45, 2.75) is 19.8 Å². The Morgan fingerprint density at radius 3 is 2.56 bits per heavy atom. The highest BCUT2D eigenvalue weighted by molar-refractivity contribution is 6.32. The fourth-order valence-corrected chi connectivity index (χ4v) is 4.14. The summed E-state index contributed by atoms with van der Waals surface area (Å²) in [5.41, 5.74) is 1.64. The molecular formula is C25H27ClN4O4. The lowest BCUT2D eigenvalue weighted by Gasteiger charge is -2.33. The molecule has 0 saturated carbocycles. The molecule has 2 aromatic carbocycles. The van der Waals surface area contributed by atoms with Gasteiger partial charge in [0.15, 0.2) is 5.82 Å². The van der Waals surface area contributed by atoms with Gasteiger partial charge in [-0.05, 0) is 38.0 Å². The topological polar surface area (TPSA) is 85.8 Å². The lowest BCUT2D eigenvalue weighted by molar-refractivity contribution is -0.120. The molecule has 0 aliphatic carbocycles. The number of methoxy groups -OCH3 is 2. The van der Waals surface area contributed by atoms with E-state index in [9.17, 15) is 4.79 Å². The highest BCUT2D eigenvalue weighted by atomic mass is 35.5. The number of rotatable bonds is 7. The molecule has 9 heteroatoms. The molecule has 1 saturated heterocycles. The number of nitrogens with one attached hydrogen (secondary N) is 1. The van der Waals surface area contributed by atoms with Gasteiger partial charge < -0.3 is 24.4 Å². The molecule has 1 fully saturated rings. The molecule has 8 nitrogen and oxygen atoms in total. The van der Waals surface area contributed by atoms with E-state index in [0.29, 0.717) is 46.2 Å². The maximum absolute atomic E-state index is 13.2. The number of hydrogen-bond donors (Lipinski definition) is 1. The van der Waals surface area contributed by atoms with Crippen LogP contribution in [0.1, 0.15) is 18.4 Å². The van der Waals surface area contributed by atoms with Crippen molar-refractivity contribution >= 4 is 29.0 Å². The number of carbonyl (C=O) groups is 1. The van der Waals surface area contributed by atoms with Crippen LogP contribution in [0.25, 0.3) is 0 Å². The van der Waals surface area contributed by atoms with Crippen LogP contribution in [0.4, 0.5) is 11.5 Å². The first kappa shape index (κ1) is 23.6. The summed E-state index contributed by atoms with van der Waals surface area (Å²) in [5, 5.41) is 3.35. The van der Waals surface area contributed by atoms with Gasteiger partial charge in [0, 0.05) is 31.5 Å². The predicted octanol–water partition coefficient (Wildman–Crippen LogP) is 5.10. The number of carbonyl (C=O) groups excluding carboxylic acids is 1. The zero-order valence-electron chi connectivity index (χ0n) is 19.4. The van der Waals surface area contributed by atoms with Gasteiger partial charge in [0.25, 0.3) is 5.88 Å². The second-order valence-corrected chi connectivity index (χ2v) is 8.47. The van der Waals surface area contributed by atoms with Crippen LogP contribution < -0.4 is 24.4 Å². The maximum atomic E-state index is 13.2. The molecule has 1 N–H and O–H groups in total. The van der Waals surface area contributed by atoms with Crippen LogP contribution in [0.5, 0.6) is 23.1 Å². The molecule has 0 radical (unpaired) electrons. The highest BCUT2D eigenvalue weighted by Gasteiger charge is 2.29. The van der Waals surface area contributed by atoms with E-state index in [-0.39, 0.29) is 11.8 Å². The molecule has 1 amide bonds. The Balaban J connectivity index is 1.49. The summed E-state index contributed by atoms with van der Waals surface area (Å²) in [6.45, 7) is 3.26. The fourth-order valence-electron chi connectivity index (χ4n) is 3.90. The lowest BCUT2D eigenvalue weighted by Crippen LogP contribution is -2.41. The third-order valence-corrected chi connectivity index (χ3v) is 6.00. The van der Waals surface area contributed by atoms with Crippen LogP contribution in [-0.2, 0) is 4.79 Å². The average Bonchev–Trinajstić information content (AvgIpc) is 2.86. The quantitative estimate of drug-likeness (QED) is 0.501. The Kier molecular flexibility index (Phi) is 7.37. The summed E-state index contributed by atoms with van der Waals surface area (Å²) >= 11 is 6.25. The molecule has 4 rings (SSSR count). The van der Waals surface area contributed by atoms with Crippen molar-refractivity contribution in [1.82, 2.24) is 9.97 Å². The molecule has 1 aliphatic heterocycles. The highest BCUT2D eigenvalue weighted by Crippen LogP contribution is 2.37. The van der Waals surface area contributed by atoms with Gasteiger partial charge in [0.2, 0.25) is 5.91 Å². The zero-order chi connectivity index (χ0) is 24.1. The molecule has 0 bridgehead atoms. The average molecular weight is 483 g/mol. The number of anilines is 2. The predicted molar refractivity (Wildman–Crippen MR) is 131 cm³/mol. The lowest BCUT2D eigenvalue weighted by atomic mass is 9.97. The van der Waals surface area contributed by atoms with Crippen molar-refractivity contribution < 1.29 is 19.0 Å². The van der Waals surface area contributed by atoms with Crippen molar-refractivity contribution in [2.24, 2.45) is 5.92 Å². The minimum Gasteiger partial charge on any atom is -0.495 e. The molecule has 2 heterocycles. The van der Waals surface area contributed by atoms with Crippen molar-refractivity contribution in [2.75, 3.05) is 37.5 Å². The number of amides is 1. The second-order valence-electron chi connectivity index (χ2n) is 8.06. The molecule has 0 unspecified atom stereocenters. The first-order valence-corrected chi connectivity index (χ1v) is 11.4. The normalized spacial score (nSPS) is 15.5. The second kappa shape index (κ2) is 10.6. The van der Waals surface area contributed by atoms with Gasteiger partial charge in [-0.1, -0.05) is 29.3 Å². The zero-order valence-corrected chi connectivity index (χ0v) is 20.1. The van der Waals surface area contributed by atoms with E-state index in [2.05, 4.69) is 15.3 Å². The summed E-state index contributed by atoms with van der Waals surface area (Å²) < 4.78 is 16.6. The van der Waals surface area contributed by atoms with Crippen molar-refractivity contribution in [3.05, 3.63) is 59.4 Å². The first-order valence-electron chi connectivity index (χ1n) is 11.0. The summed E-state index contributed by atoms with van der Waals surface area (Å²) in [4.78, 5) is 24.1. The largest absolute Gasteiger partial charge is 0.495 e. The number of aromatic nitrogens is 2. The third-order valence-electron chi connectivity index (χ3n) is 5.71. The van der Waals surface area contributed by atoms with E-state index in [4.69, 9.17) is 25.8 Å². The first-order chi connectivity index (χ1) is 16.5. The van der Waals surface area contributed by atoms with Gasteiger partial charge in [0.1, 0.15) is 17.2 Å². The van der Waals surface area contributed by atoms with E-state index in [1.807, 2.05) is 36.1 Å². The molecule has 0 spiro atoms. The molecule has 1 atom stereocenters. The van der Waals surface area contributed by atoms with Crippen molar-refractivity contribution in [3.63, 3.8) is 0 Å². The molecule has 1 aromatic heterocycles. The fraction of sp³-hybridized carbons (Fsp3) is 0.320. The van der Waals surface area contributed by atoms with Gasteiger partial charge in [-0.3, -0.25) is 4.79 Å². The van der Waals surface area contributed by atoms with Crippen LogP contribution in [-0.4, -0.2) is 43.2 Å². The number of piperidine rings is 1. The third kappa shape index (κ3) is 5.34. The van der Waals surface area contributed by atoms with Gasteiger partial charge in [0.05, 0.1) is 30.8 Å². The number of halogens is 1. The smallest absolute Gasteiger partial charge is 0.263 e. The molecular weight excluding hydrogens is 456 g/mol. The van der Waals surface area contributed by atoms with Gasteiger partial charge in [-0.25, -0.2) is 9.97 Å². The Hall–Kier alpha value is -3.52. The van der Waals surface area contributed by atoms with E-state index < -0.39 is 0 Å². The number of ether oxygens (including phenoxy) is 3. The van der Waals surface area contributed by atoms with Crippen molar-refractivity contribution in [3.8, 4) is 23.1 Å². The summed E-state index contributed by atoms with van der Waals surface area (Å²) in [6, 6.07) is 11.0. The molecule has 3 aromatic rings. The van der Waals surface area contributed by atoms with Crippen LogP contribution in [0, 0.1) is 12.8 Å². The summed E-state index contributed by atoms with van der Waals surface area (Å²) in [6.07, 6.45) is 4.81. The monoisotopic (exact) mass is 482 g/mol. The Bertz CT molecular complexity index is 1160. The Morgan fingerprint density at radius 2 is 1.82 bits per heavy atom. The Morgan fingerprint density at radius 1 is 1.09 bits per heavy atom. The standard InChI is InChI=1S/C25H27ClN4O4/c1-16-6-8-18(9-7-16)34-25-23(27-10-11-28-25)30-12-4-5-17(15-30)24(31)29-20-13-19(26)21(32-2)14-22(20)33-3/h6-11,13-14,17H,4-5,12,15H2,1-3H3,(H,29,31)/t17-/m0/s1. The van der Waals surface area contributed by atoms with Crippen LogP contribution in [0.2, 0.25) is 5.02 Å². The minimum absolute atomic E-state index is 0.117. The minimum atomic E-state index is -0.256. The Labute approximate surface area is 203 Å². The van der Waals surface area contributed by atoms with Gasteiger partial charge >= 0.3 is 0 Å². The van der Waals surface area contributed by atoms with E-state index in [0.717, 1.165) is 24.9 Å². The molecule has 34 heavy (non-hydrogen) atoms. The van der Waals surface area contributed by atoms with Gasteiger partial charge in [-0.15, -0.1) is 0 Å². The van der Waals surface area contributed by atoms with Gasteiger partial charge in [-0.2, -0.15) is 0 Å². The number of nitrogens with zero attached hydrogens (tertiary/aromatic N) is 3. The molecule has 178 valence electrons. The number of hydrogen-bond acceptors (Lipinski definition) is 7.